The molecule has 0 unspecified atom stereocenters. The Morgan fingerprint density at radius 2 is 1.96 bits per heavy atom. The minimum Gasteiger partial charge on any atom is -0.493 e. The summed E-state index contributed by atoms with van der Waals surface area (Å²) in [6.07, 6.45) is -6.62. The van der Waals surface area contributed by atoms with Crippen LogP contribution in [-0.2, 0) is 9.53 Å². The number of amides is 1. The minimum absolute atomic E-state index is 0.0708. The highest BCUT2D eigenvalue weighted by Gasteiger charge is 2.79. The van der Waals surface area contributed by atoms with Crippen LogP contribution in [0, 0.1) is 17.0 Å². The lowest BCUT2D eigenvalue weighted by molar-refractivity contribution is -0.328. The quantitative estimate of drug-likeness (QED) is 0.838. The summed E-state index contributed by atoms with van der Waals surface area (Å²) in [5.74, 6) is -5.42. The minimum atomic E-state index is -4.74. The van der Waals surface area contributed by atoms with Gasteiger partial charge in [0.2, 0.25) is 11.7 Å². The Bertz CT molecular complexity index is 737. The molecule has 0 radical (unpaired) electrons. The van der Waals surface area contributed by atoms with Crippen LogP contribution < -0.4 is 10.5 Å². The number of halogens is 5. The standard InChI is InChI=1S/C16H16F5NO3/c1-14-5-6-15(14,16(19,20)21)25-12(13(22)23)9(14)7-3-4-8(17)10(18)11(7)24-2/h3-4,9,12H,5-6H2,1-2H3,(H2,22,23)/t9-,12+,14+,15+/m0/s1. The van der Waals surface area contributed by atoms with Crippen LogP contribution in [0.5, 0.6) is 5.75 Å². The first-order valence-corrected chi connectivity index (χ1v) is 7.56. The first kappa shape index (κ1) is 17.9. The number of methoxy groups -OCH3 is 1. The normalized spacial score (nSPS) is 34.4. The Hall–Kier alpha value is -1.90. The monoisotopic (exact) mass is 365 g/mol. The third-order valence-corrected chi connectivity index (χ3v) is 5.59. The van der Waals surface area contributed by atoms with Crippen LogP contribution in [0.25, 0.3) is 0 Å². The Labute approximate surface area is 140 Å². The van der Waals surface area contributed by atoms with Gasteiger partial charge in [0.05, 0.1) is 7.11 Å². The van der Waals surface area contributed by atoms with Gasteiger partial charge < -0.3 is 15.2 Å². The zero-order valence-corrected chi connectivity index (χ0v) is 13.4. The van der Waals surface area contributed by atoms with Gasteiger partial charge in [0.15, 0.2) is 17.2 Å². The summed E-state index contributed by atoms with van der Waals surface area (Å²) < 4.78 is 78.7. The highest BCUT2D eigenvalue weighted by atomic mass is 19.4. The Morgan fingerprint density at radius 1 is 1.32 bits per heavy atom. The fraction of sp³-hybridized carbons (Fsp3) is 0.562. The van der Waals surface area contributed by atoms with Crippen LogP contribution in [0.2, 0.25) is 0 Å². The van der Waals surface area contributed by atoms with Crippen LogP contribution in [0.15, 0.2) is 12.1 Å². The van der Waals surface area contributed by atoms with Gasteiger partial charge in [-0.05, 0) is 18.9 Å². The van der Waals surface area contributed by atoms with E-state index in [1.54, 1.807) is 0 Å². The van der Waals surface area contributed by atoms with Crippen LogP contribution in [0.1, 0.15) is 31.2 Å². The van der Waals surface area contributed by atoms with E-state index >= 15 is 0 Å². The molecule has 4 nitrogen and oxygen atoms in total. The molecular formula is C16H16F5NO3. The van der Waals surface area contributed by atoms with E-state index in [0.29, 0.717) is 0 Å². The number of primary amides is 1. The van der Waals surface area contributed by atoms with Crippen LogP contribution in [0.4, 0.5) is 22.0 Å². The van der Waals surface area contributed by atoms with Crippen molar-refractivity contribution in [3.63, 3.8) is 0 Å². The largest absolute Gasteiger partial charge is 0.493 e. The lowest BCUT2D eigenvalue weighted by atomic mass is 9.51. The second kappa shape index (κ2) is 5.30. The average molecular weight is 365 g/mol. The van der Waals surface area contributed by atoms with Gasteiger partial charge in [-0.3, -0.25) is 4.79 Å². The molecule has 0 bridgehead atoms. The van der Waals surface area contributed by atoms with Crippen LogP contribution >= 0.6 is 0 Å². The van der Waals surface area contributed by atoms with E-state index < -0.39 is 52.5 Å². The molecule has 1 saturated heterocycles. The molecule has 1 aliphatic heterocycles. The summed E-state index contributed by atoms with van der Waals surface area (Å²) in [6, 6.07) is 1.89. The molecule has 0 aromatic heterocycles. The summed E-state index contributed by atoms with van der Waals surface area (Å²) in [7, 11) is 1.07. The van der Waals surface area contributed by atoms with Gasteiger partial charge in [0.25, 0.3) is 0 Å². The molecule has 1 aromatic rings. The molecule has 2 aliphatic rings. The van der Waals surface area contributed by atoms with E-state index in [1.807, 2.05) is 0 Å². The zero-order chi connectivity index (χ0) is 18.8. The van der Waals surface area contributed by atoms with Crippen molar-refractivity contribution in [2.75, 3.05) is 7.11 Å². The molecule has 9 heteroatoms. The number of ether oxygens (including phenoxy) is 2. The van der Waals surface area contributed by atoms with Gasteiger partial charge in [-0.1, -0.05) is 13.0 Å². The highest BCUT2D eigenvalue weighted by molar-refractivity contribution is 5.81. The maximum Gasteiger partial charge on any atom is 0.418 e. The van der Waals surface area contributed by atoms with E-state index in [9.17, 15) is 26.7 Å². The number of hydrogen-bond donors (Lipinski definition) is 1. The smallest absolute Gasteiger partial charge is 0.418 e. The Morgan fingerprint density at radius 3 is 2.40 bits per heavy atom. The molecule has 3 rings (SSSR count). The van der Waals surface area contributed by atoms with Crippen molar-refractivity contribution in [1.29, 1.82) is 0 Å². The summed E-state index contributed by atoms with van der Waals surface area (Å²) in [6.45, 7) is 1.32. The van der Waals surface area contributed by atoms with Gasteiger partial charge in [0.1, 0.15) is 6.10 Å². The number of fused-ring (bicyclic) bond motifs is 1. The molecule has 25 heavy (non-hydrogen) atoms. The van der Waals surface area contributed by atoms with Crippen molar-refractivity contribution in [2.45, 2.75) is 43.6 Å². The molecule has 1 aromatic carbocycles. The van der Waals surface area contributed by atoms with E-state index in [4.69, 9.17) is 15.2 Å². The zero-order valence-electron chi connectivity index (χ0n) is 13.4. The fourth-order valence-corrected chi connectivity index (χ4v) is 4.23. The third-order valence-electron chi connectivity index (χ3n) is 5.59. The molecule has 0 spiro atoms. The predicted octanol–water partition coefficient (Wildman–Crippen LogP) is 3.04. The van der Waals surface area contributed by atoms with Crippen molar-refractivity contribution < 1.29 is 36.2 Å². The fourth-order valence-electron chi connectivity index (χ4n) is 4.23. The van der Waals surface area contributed by atoms with Crippen molar-refractivity contribution in [1.82, 2.24) is 0 Å². The Kier molecular flexibility index (Phi) is 3.79. The van der Waals surface area contributed by atoms with Gasteiger partial charge >= 0.3 is 6.18 Å². The summed E-state index contributed by atoms with van der Waals surface area (Å²) in [5.41, 5.74) is 1.08. The number of carbonyl (C=O) groups is 1. The first-order valence-electron chi connectivity index (χ1n) is 7.56. The van der Waals surface area contributed by atoms with Gasteiger partial charge in [0, 0.05) is 16.9 Å². The number of carbonyl (C=O) groups excluding carboxylic acids is 1. The highest BCUT2D eigenvalue weighted by Crippen LogP contribution is 2.71. The maximum absolute atomic E-state index is 14.1. The van der Waals surface area contributed by atoms with Crippen molar-refractivity contribution >= 4 is 5.91 Å². The molecular weight excluding hydrogens is 349 g/mol. The van der Waals surface area contributed by atoms with Gasteiger partial charge in [-0.25, -0.2) is 4.39 Å². The first-order chi connectivity index (χ1) is 11.5. The number of rotatable bonds is 3. The number of benzene rings is 1. The molecule has 4 atom stereocenters. The lowest BCUT2D eigenvalue weighted by Gasteiger charge is -2.54. The summed E-state index contributed by atoms with van der Waals surface area (Å²) >= 11 is 0. The molecule has 1 aliphatic carbocycles. The molecule has 1 heterocycles. The molecule has 138 valence electrons. The number of nitrogens with two attached hydrogens (primary N) is 1. The molecule has 1 saturated carbocycles. The molecule has 1 amide bonds. The van der Waals surface area contributed by atoms with Crippen molar-refractivity contribution in [2.24, 2.45) is 11.1 Å². The average Bonchev–Trinajstić information content (AvgIpc) is 2.68. The SMILES string of the molecule is COc1c([C@H]2[C@H](C(N)=O)O[C@]3(C(F)(F)F)CC[C@]23C)ccc(F)c1F. The van der Waals surface area contributed by atoms with E-state index in [1.165, 1.54) is 6.92 Å². The third kappa shape index (κ3) is 2.11. The van der Waals surface area contributed by atoms with E-state index in [2.05, 4.69) is 0 Å². The van der Waals surface area contributed by atoms with Gasteiger partial charge in [-0.2, -0.15) is 17.6 Å². The number of alkyl halides is 3. The maximum atomic E-state index is 14.1. The topological polar surface area (TPSA) is 61.5 Å². The van der Waals surface area contributed by atoms with Crippen LogP contribution in [0.3, 0.4) is 0 Å². The van der Waals surface area contributed by atoms with Crippen molar-refractivity contribution in [3.05, 3.63) is 29.3 Å². The summed E-state index contributed by atoms with van der Waals surface area (Å²) in [5, 5.41) is 0. The van der Waals surface area contributed by atoms with Crippen LogP contribution in [-0.4, -0.2) is 30.9 Å². The Balaban J connectivity index is 2.21. The van der Waals surface area contributed by atoms with Gasteiger partial charge in [-0.15, -0.1) is 0 Å². The predicted molar refractivity (Wildman–Crippen MR) is 75.8 cm³/mol. The molecule has 2 fully saturated rings. The van der Waals surface area contributed by atoms with E-state index in [-0.39, 0.29) is 18.4 Å². The second-order valence-electron chi connectivity index (χ2n) is 6.64. The second-order valence-corrected chi connectivity index (χ2v) is 6.64. The number of hydrogen-bond acceptors (Lipinski definition) is 3. The summed E-state index contributed by atoms with van der Waals surface area (Å²) in [4.78, 5) is 11.8. The lowest BCUT2D eigenvalue weighted by Crippen LogP contribution is -2.63. The molecule has 2 N–H and O–H groups in total. The van der Waals surface area contributed by atoms with Crippen molar-refractivity contribution in [3.8, 4) is 5.75 Å². The van der Waals surface area contributed by atoms with E-state index in [0.717, 1.165) is 19.2 Å².